The summed E-state index contributed by atoms with van der Waals surface area (Å²) in [5.74, 6) is 0. The Morgan fingerprint density at radius 1 is 0.952 bits per heavy atom. The fraction of sp³-hybridized carbons (Fsp3) is 0.0714. The summed E-state index contributed by atoms with van der Waals surface area (Å²) < 4.78 is 38.4. The van der Waals surface area contributed by atoms with Gasteiger partial charge in [0.15, 0.2) is 0 Å². The van der Waals surface area contributed by atoms with Gasteiger partial charge < -0.3 is 0 Å². The van der Waals surface area contributed by atoms with E-state index in [2.05, 4.69) is 10.5 Å². The molecule has 0 saturated carbocycles. The molecule has 0 heterocycles. The number of hydrazone groups is 1. The Hall–Kier alpha value is -1.72. The summed E-state index contributed by atoms with van der Waals surface area (Å²) in [4.78, 5) is 0. The molecule has 2 nitrogen and oxygen atoms in total. The summed E-state index contributed by atoms with van der Waals surface area (Å²) in [6.45, 7) is 0. The van der Waals surface area contributed by atoms with E-state index in [0.29, 0.717) is 15.7 Å². The standard InChI is InChI=1S/C14H9Cl2F3N2/c15-11-6-3-7-12(16)13(11)21-20-8-9-4-1-2-5-10(9)14(17,18)19/h1-8,21H/b20-8+. The van der Waals surface area contributed by atoms with Crippen LogP contribution in [0.5, 0.6) is 0 Å². The van der Waals surface area contributed by atoms with Crippen molar-refractivity contribution < 1.29 is 13.2 Å². The van der Waals surface area contributed by atoms with E-state index in [1.807, 2.05) is 0 Å². The zero-order valence-corrected chi connectivity index (χ0v) is 12.0. The quantitative estimate of drug-likeness (QED) is 0.585. The second-order valence-corrected chi connectivity index (χ2v) is 4.87. The van der Waals surface area contributed by atoms with E-state index in [0.717, 1.165) is 12.3 Å². The van der Waals surface area contributed by atoms with Crippen molar-refractivity contribution in [2.45, 2.75) is 6.18 Å². The first kappa shape index (κ1) is 15.7. The van der Waals surface area contributed by atoms with Gasteiger partial charge in [0.2, 0.25) is 0 Å². The van der Waals surface area contributed by atoms with Crippen LogP contribution in [0.25, 0.3) is 0 Å². The number of benzene rings is 2. The van der Waals surface area contributed by atoms with E-state index in [4.69, 9.17) is 23.2 Å². The van der Waals surface area contributed by atoms with Gasteiger partial charge in [0, 0.05) is 5.56 Å². The number of rotatable bonds is 3. The molecule has 0 bridgehead atoms. The molecule has 0 amide bonds. The van der Waals surface area contributed by atoms with Crippen molar-refractivity contribution in [2.24, 2.45) is 5.10 Å². The van der Waals surface area contributed by atoms with Crippen molar-refractivity contribution in [2.75, 3.05) is 5.43 Å². The van der Waals surface area contributed by atoms with Gasteiger partial charge in [-0.3, -0.25) is 5.43 Å². The maximum Gasteiger partial charge on any atom is 0.417 e. The second kappa shape index (κ2) is 6.37. The molecule has 0 saturated heterocycles. The molecular formula is C14H9Cl2F3N2. The Balaban J connectivity index is 2.24. The molecule has 110 valence electrons. The van der Waals surface area contributed by atoms with Crippen LogP contribution in [-0.4, -0.2) is 6.21 Å². The third kappa shape index (κ3) is 3.89. The minimum absolute atomic E-state index is 0.0549. The van der Waals surface area contributed by atoms with E-state index >= 15 is 0 Å². The summed E-state index contributed by atoms with van der Waals surface area (Å²) in [5.41, 5.74) is 2.06. The molecule has 0 aromatic heterocycles. The second-order valence-electron chi connectivity index (χ2n) is 4.05. The van der Waals surface area contributed by atoms with Crippen LogP contribution in [0.15, 0.2) is 47.6 Å². The molecule has 2 rings (SSSR count). The topological polar surface area (TPSA) is 24.4 Å². The van der Waals surface area contributed by atoms with Crippen molar-refractivity contribution in [1.29, 1.82) is 0 Å². The van der Waals surface area contributed by atoms with Crippen LogP contribution < -0.4 is 5.43 Å². The summed E-state index contributed by atoms with van der Waals surface area (Å²) in [7, 11) is 0. The number of hydrogen-bond donors (Lipinski definition) is 1. The Morgan fingerprint density at radius 2 is 1.57 bits per heavy atom. The summed E-state index contributed by atoms with van der Waals surface area (Å²) in [6.07, 6.45) is -3.37. The number of para-hydroxylation sites is 1. The van der Waals surface area contributed by atoms with Crippen molar-refractivity contribution in [1.82, 2.24) is 0 Å². The highest BCUT2D eigenvalue weighted by atomic mass is 35.5. The van der Waals surface area contributed by atoms with Crippen molar-refractivity contribution in [3.63, 3.8) is 0 Å². The number of alkyl halides is 3. The van der Waals surface area contributed by atoms with Gasteiger partial charge in [-0.2, -0.15) is 18.3 Å². The highest BCUT2D eigenvalue weighted by Gasteiger charge is 2.32. The first-order valence-electron chi connectivity index (χ1n) is 5.79. The highest BCUT2D eigenvalue weighted by molar-refractivity contribution is 6.39. The minimum atomic E-state index is -4.44. The molecule has 0 unspecified atom stereocenters. The lowest BCUT2D eigenvalue weighted by molar-refractivity contribution is -0.137. The third-order valence-corrected chi connectivity index (χ3v) is 3.24. The lowest BCUT2D eigenvalue weighted by Gasteiger charge is -2.09. The van der Waals surface area contributed by atoms with Crippen LogP contribution in [0, 0.1) is 0 Å². The third-order valence-electron chi connectivity index (χ3n) is 2.61. The predicted molar refractivity (Wildman–Crippen MR) is 79.1 cm³/mol. The van der Waals surface area contributed by atoms with Crippen LogP contribution in [0.4, 0.5) is 18.9 Å². The lowest BCUT2D eigenvalue weighted by Crippen LogP contribution is -2.08. The van der Waals surface area contributed by atoms with Crippen LogP contribution in [0.3, 0.4) is 0 Å². The molecule has 2 aromatic rings. The van der Waals surface area contributed by atoms with Crippen molar-refractivity contribution >= 4 is 35.1 Å². The zero-order chi connectivity index (χ0) is 15.5. The average molecular weight is 333 g/mol. The number of nitrogens with one attached hydrogen (secondary N) is 1. The number of anilines is 1. The van der Waals surface area contributed by atoms with Crippen LogP contribution >= 0.6 is 23.2 Å². The van der Waals surface area contributed by atoms with E-state index < -0.39 is 11.7 Å². The van der Waals surface area contributed by atoms with Crippen LogP contribution in [0.2, 0.25) is 10.0 Å². The molecule has 7 heteroatoms. The first-order valence-corrected chi connectivity index (χ1v) is 6.54. The number of nitrogens with zero attached hydrogens (tertiary/aromatic N) is 1. The van der Waals surface area contributed by atoms with Crippen LogP contribution in [-0.2, 0) is 6.18 Å². The Kier molecular flexibility index (Phi) is 4.75. The van der Waals surface area contributed by atoms with Gasteiger partial charge in [-0.25, -0.2) is 0 Å². The fourth-order valence-electron chi connectivity index (χ4n) is 1.64. The zero-order valence-electron chi connectivity index (χ0n) is 10.5. The van der Waals surface area contributed by atoms with Gasteiger partial charge in [-0.05, 0) is 18.2 Å². The number of halogens is 5. The Bertz CT molecular complexity index is 649. The highest BCUT2D eigenvalue weighted by Crippen LogP contribution is 2.32. The Morgan fingerprint density at radius 3 is 2.19 bits per heavy atom. The Labute approximate surface area is 129 Å². The van der Waals surface area contributed by atoms with Gasteiger partial charge in [-0.15, -0.1) is 0 Å². The number of hydrogen-bond acceptors (Lipinski definition) is 2. The molecule has 0 spiro atoms. The molecule has 2 aromatic carbocycles. The SMILES string of the molecule is FC(F)(F)c1ccccc1/C=N/Nc1c(Cl)cccc1Cl. The van der Waals surface area contributed by atoms with E-state index in [9.17, 15) is 13.2 Å². The first-order chi connectivity index (χ1) is 9.89. The molecule has 0 fully saturated rings. The van der Waals surface area contributed by atoms with E-state index in [1.54, 1.807) is 18.2 Å². The average Bonchev–Trinajstić information content (AvgIpc) is 2.41. The predicted octanol–water partition coefficient (Wildman–Crippen LogP) is 5.46. The molecule has 0 atom stereocenters. The van der Waals surface area contributed by atoms with Crippen LogP contribution in [0.1, 0.15) is 11.1 Å². The summed E-state index contributed by atoms with van der Waals surface area (Å²) in [5, 5.41) is 4.41. The van der Waals surface area contributed by atoms with Gasteiger partial charge in [-0.1, -0.05) is 47.5 Å². The van der Waals surface area contributed by atoms with E-state index in [1.165, 1.54) is 18.2 Å². The van der Waals surface area contributed by atoms with Gasteiger partial charge in [0.25, 0.3) is 0 Å². The normalized spacial score (nSPS) is 11.9. The van der Waals surface area contributed by atoms with E-state index in [-0.39, 0.29) is 5.56 Å². The molecule has 0 aliphatic heterocycles. The minimum Gasteiger partial charge on any atom is -0.275 e. The van der Waals surface area contributed by atoms with Crippen molar-refractivity contribution in [3.8, 4) is 0 Å². The lowest BCUT2D eigenvalue weighted by atomic mass is 10.1. The van der Waals surface area contributed by atoms with Gasteiger partial charge >= 0.3 is 6.18 Å². The molecule has 1 N–H and O–H groups in total. The van der Waals surface area contributed by atoms with Gasteiger partial charge in [0.1, 0.15) is 0 Å². The molecular weight excluding hydrogens is 324 g/mol. The summed E-state index contributed by atoms with van der Waals surface area (Å²) in [6, 6.07) is 9.96. The smallest absolute Gasteiger partial charge is 0.275 e. The van der Waals surface area contributed by atoms with Gasteiger partial charge in [0.05, 0.1) is 27.5 Å². The maximum absolute atomic E-state index is 12.8. The monoisotopic (exact) mass is 332 g/mol. The fourth-order valence-corrected chi connectivity index (χ4v) is 2.12. The van der Waals surface area contributed by atoms with Crippen molar-refractivity contribution in [3.05, 3.63) is 63.6 Å². The molecule has 21 heavy (non-hydrogen) atoms. The molecule has 0 aliphatic rings. The maximum atomic E-state index is 12.8. The largest absolute Gasteiger partial charge is 0.417 e. The summed E-state index contributed by atoms with van der Waals surface area (Å²) >= 11 is 11.8. The molecule has 0 aliphatic carbocycles. The molecule has 0 radical (unpaired) electrons.